The van der Waals surface area contributed by atoms with Crippen molar-refractivity contribution >= 4 is 22.5 Å². The number of aromatic nitrogens is 2. The first-order chi connectivity index (χ1) is 14.5. The van der Waals surface area contributed by atoms with Crippen LogP contribution in [0.1, 0.15) is 21.6 Å². The molecule has 4 rings (SSSR count). The van der Waals surface area contributed by atoms with Crippen LogP contribution >= 0.6 is 0 Å². The molecule has 0 saturated carbocycles. The number of amides is 1. The van der Waals surface area contributed by atoms with E-state index in [-0.39, 0.29) is 11.5 Å². The first kappa shape index (κ1) is 19.4. The molecule has 150 valence electrons. The van der Waals surface area contributed by atoms with Crippen LogP contribution in [0.5, 0.6) is 5.75 Å². The van der Waals surface area contributed by atoms with Crippen LogP contribution < -0.4 is 15.6 Å². The third-order valence-electron chi connectivity index (χ3n) is 4.93. The number of pyridine rings is 2. The molecule has 0 atom stereocenters. The van der Waals surface area contributed by atoms with Gasteiger partial charge in [0.05, 0.1) is 35.8 Å². The Labute approximate surface area is 173 Å². The number of ether oxygens (including phenoxy) is 1. The van der Waals surface area contributed by atoms with Crippen molar-refractivity contribution in [3.63, 3.8) is 0 Å². The molecular weight excluding hydrogens is 378 g/mol. The van der Waals surface area contributed by atoms with Gasteiger partial charge in [0.2, 0.25) is 0 Å². The Hall–Kier alpha value is -3.93. The van der Waals surface area contributed by atoms with Gasteiger partial charge in [-0.2, -0.15) is 0 Å². The summed E-state index contributed by atoms with van der Waals surface area (Å²) in [5.41, 5.74) is 2.98. The van der Waals surface area contributed by atoms with Crippen LogP contribution in [0, 0.1) is 6.92 Å². The Balaban J connectivity index is 1.67. The van der Waals surface area contributed by atoms with Crippen molar-refractivity contribution in [2.24, 2.45) is 0 Å². The van der Waals surface area contributed by atoms with Gasteiger partial charge in [0.1, 0.15) is 5.75 Å². The zero-order chi connectivity index (χ0) is 21.1. The summed E-state index contributed by atoms with van der Waals surface area (Å²) in [6.07, 6.45) is 1.74. The molecule has 0 saturated heterocycles. The third-order valence-corrected chi connectivity index (χ3v) is 4.93. The van der Waals surface area contributed by atoms with Crippen LogP contribution in [0.3, 0.4) is 0 Å². The van der Waals surface area contributed by atoms with E-state index < -0.39 is 0 Å². The van der Waals surface area contributed by atoms with Crippen LogP contribution in [0.2, 0.25) is 0 Å². The highest BCUT2D eigenvalue weighted by molar-refractivity contribution is 6.06. The molecule has 2 aromatic heterocycles. The molecule has 0 aliphatic carbocycles. The van der Waals surface area contributed by atoms with Crippen molar-refractivity contribution in [1.29, 1.82) is 0 Å². The zero-order valence-corrected chi connectivity index (χ0v) is 16.8. The van der Waals surface area contributed by atoms with E-state index in [0.717, 1.165) is 5.56 Å². The molecule has 4 aromatic rings. The van der Waals surface area contributed by atoms with Gasteiger partial charge in [-0.3, -0.25) is 14.6 Å². The quantitative estimate of drug-likeness (QED) is 0.550. The predicted octanol–water partition coefficient (Wildman–Crippen LogP) is 4.01. The maximum absolute atomic E-state index is 13.0. The normalized spacial score (nSPS) is 10.7. The van der Waals surface area contributed by atoms with E-state index in [2.05, 4.69) is 10.3 Å². The second-order valence-corrected chi connectivity index (χ2v) is 6.97. The smallest absolute Gasteiger partial charge is 0.260 e. The molecule has 0 aliphatic heterocycles. The van der Waals surface area contributed by atoms with Gasteiger partial charge in [-0.1, -0.05) is 30.3 Å². The number of fused-ring (bicyclic) bond motifs is 1. The van der Waals surface area contributed by atoms with Gasteiger partial charge in [-0.05, 0) is 48.9 Å². The lowest BCUT2D eigenvalue weighted by Gasteiger charge is -2.11. The monoisotopic (exact) mass is 399 g/mol. The van der Waals surface area contributed by atoms with Gasteiger partial charge in [-0.25, -0.2) is 0 Å². The van der Waals surface area contributed by atoms with E-state index >= 15 is 0 Å². The summed E-state index contributed by atoms with van der Waals surface area (Å²) in [6, 6.07) is 20.2. The fourth-order valence-electron chi connectivity index (χ4n) is 3.31. The lowest BCUT2D eigenvalue weighted by Crippen LogP contribution is -2.22. The largest absolute Gasteiger partial charge is 0.497 e. The summed E-state index contributed by atoms with van der Waals surface area (Å²) in [5, 5.41) is 3.26. The minimum atomic E-state index is -0.315. The number of aryl methyl sites for hydroxylation is 1. The Bertz CT molecular complexity index is 1260. The van der Waals surface area contributed by atoms with E-state index in [9.17, 15) is 9.59 Å². The molecule has 30 heavy (non-hydrogen) atoms. The van der Waals surface area contributed by atoms with Gasteiger partial charge in [0, 0.05) is 11.9 Å². The highest BCUT2D eigenvalue weighted by Crippen LogP contribution is 2.18. The topological polar surface area (TPSA) is 73.2 Å². The number of benzene rings is 2. The maximum atomic E-state index is 13.0. The molecule has 0 fully saturated rings. The molecule has 1 amide bonds. The summed E-state index contributed by atoms with van der Waals surface area (Å²) in [4.78, 5) is 30.3. The number of hydrogen-bond donors (Lipinski definition) is 1. The van der Waals surface area contributed by atoms with E-state index in [1.54, 1.807) is 61.2 Å². The Morgan fingerprint density at radius 1 is 1.07 bits per heavy atom. The number of carbonyl (C=O) groups excluding carboxylic acids is 1. The fraction of sp³-hybridized carbons (Fsp3) is 0.125. The molecule has 0 unspecified atom stereocenters. The lowest BCUT2D eigenvalue weighted by atomic mass is 10.1. The van der Waals surface area contributed by atoms with Crippen molar-refractivity contribution < 1.29 is 9.53 Å². The van der Waals surface area contributed by atoms with Gasteiger partial charge in [0.15, 0.2) is 0 Å². The van der Waals surface area contributed by atoms with Gasteiger partial charge >= 0.3 is 0 Å². The second-order valence-electron chi connectivity index (χ2n) is 6.97. The Morgan fingerprint density at radius 2 is 1.80 bits per heavy atom. The molecule has 0 aliphatic rings. The summed E-state index contributed by atoms with van der Waals surface area (Å²) in [5.74, 6) is 0.389. The summed E-state index contributed by atoms with van der Waals surface area (Å²) < 4.78 is 6.76. The summed E-state index contributed by atoms with van der Waals surface area (Å²) in [6.45, 7) is 2.22. The molecule has 6 heteroatoms. The highest BCUT2D eigenvalue weighted by atomic mass is 16.5. The predicted molar refractivity (Wildman–Crippen MR) is 117 cm³/mol. The number of rotatable bonds is 5. The molecule has 0 spiro atoms. The van der Waals surface area contributed by atoms with Gasteiger partial charge in [-0.15, -0.1) is 0 Å². The number of anilines is 1. The minimum absolute atomic E-state index is 0.178. The number of nitrogens with zero attached hydrogens (tertiary/aromatic N) is 2. The van der Waals surface area contributed by atoms with Crippen LogP contribution in [0.25, 0.3) is 10.9 Å². The number of methoxy groups -OCH3 is 1. The third kappa shape index (κ3) is 3.93. The summed E-state index contributed by atoms with van der Waals surface area (Å²) in [7, 11) is 1.59. The molecule has 0 radical (unpaired) electrons. The molecule has 2 heterocycles. The van der Waals surface area contributed by atoms with Crippen LogP contribution in [0.4, 0.5) is 5.69 Å². The van der Waals surface area contributed by atoms with Crippen molar-refractivity contribution in [3.8, 4) is 5.75 Å². The van der Waals surface area contributed by atoms with E-state index in [1.807, 2.05) is 30.3 Å². The number of carbonyl (C=O) groups is 1. The average Bonchev–Trinajstić information content (AvgIpc) is 2.76. The van der Waals surface area contributed by atoms with E-state index in [4.69, 9.17) is 4.74 Å². The zero-order valence-electron chi connectivity index (χ0n) is 16.8. The van der Waals surface area contributed by atoms with Gasteiger partial charge < -0.3 is 14.6 Å². The van der Waals surface area contributed by atoms with Crippen LogP contribution in [0.15, 0.2) is 77.7 Å². The molecular formula is C24H21N3O3. The maximum Gasteiger partial charge on any atom is 0.260 e. The first-order valence-corrected chi connectivity index (χ1v) is 9.55. The highest BCUT2D eigenvalue weighted by Gasteiger charge is 2.14. The SMILES string of the molecule is COc1ccc(NC(=O)c2cc3c(=O)n(Cc4ccccc4)ccc3nc2C)cc1. The van der Waals surface area contributed by atoms with Gasteiger partial charge in [0.25, 0.3) is 11.5 Å². The molecule has 2 aromatic carbocycles. The summed E-state index contributed by atoms with van der Waals surface area (Å²) >= 11 is 0. The average molecular weight is 399 g/mol. The van der Waals surface area contributed by atoms with Crippen LogP contribution in [-0.4, -0.2) is 22.6 Å². The van der Waals surface area contributed by atoms with Crippen molar-refractivity contribution in [2.45, 2.75) is 13.5 Å². The number of nitrogens with one attached hydrogen (secondary N) is 1. The van der Waals surface area contributed by atoms with Crippen molar-refractivity contribution in [2.75, 3.05) is 12.4 Å². The van der Waals surface area contributed by atoms with Crippen LogP contribution in [-0.2, 0) is 6.54 Å². The molecule has 0 bridgehead atoms. The molecule has 1 N–H and O–H groups in total. The lowest BCUT2D eigenvalue weighted by molar-refractivity contribution is 0.102. The first-order valence-electron chi connectivity index (χ1n) is 9.55. The van der Waals surface area contributed by atoms with Crippen molar-refractivity contribution in [1.82, 2.24) is 9.55 Å². The fourth-order valence-corrected chi connectivity index (χ4v) is 3.31. The second kappa shape index (κ2) is 8.21. The molecule has 6 nitrogen and oxygen atoms in total. The Morgan fingerprint density at radius 3 is 2.50 bits per heavy atom. The minimum Gasteiger partial charge on any atom is -0.497 e. The van der Waals surface area contributed by atoms with E-state index in [0.29, 0.717) is 40.1 Å². The Kier molecular flexibility index (Phi) is 5.30. The van der Waals surface area contributed by atoms with Crippen molar-refractivity contribution in [3.05, 3.63) is 100 Å². The number of hydrogen-bond acceptors (Lipinski definition) is 4. The standard InChI is InChI=1S/C24H21N3O3/c1-16-20(23(28)26-18-8-10-19(30-2)11-9-18)14-21-22(25-16)12-13-27(24(21)29)15-17-6-4-3-5-7-17/h3-14H,15H2,1-2H3,(H,26,28). The van der Waals surface area contributed by atoms with E-state index in [1.165, 1.54) is 0 Å².